The summed E-state index contributed by atoms with van der Waals surface area (Å²) in [6.07, 6.45) is 0.608. The van der Waals surface area contributed by atoms with Crippen molar-refractivity contribution in [1.82, 2.24) is 15.1 Å². The average molecular weight is 423 g/mol. The first-order chi connectivity index (χ1) is 14.4. The lowest BCUT2D eigenvalue weighted by Crippen LogP contribution is -2.24. The minimum Gasteiger partial charge on any atom is -0.457 e. The fourth-order valence-electron chi connectivity index (χ4n) is 3.50. The molecule has 2 aromatic carbocycles. The van der Waals surface area contributed by atoms with E-state index >= 15 is 0 Å². The first kappa shape index (κ1) is 20.3. The number of anilines is 1. The lowest BCUT2D eigenvalue weighted by atomic mass is 10.1. The molecule has 1 amide bonds. The first-order valence-corrected chi connectivity index (χ1v) is 11.0. The number of hydrogen-bond acceptors (Lipinski definition) is 6. The van der Waals surface area contributed by atoms with Crippen molar-refractivity contribution < 1.29 is 9.53 Å². The lowest BCUT2D eigenvalue weighted by Gasteiger charge is -2.19. The van der Waals surface area contributed by atoms with Crippen LogP contribution < -0.4 is 10.5 Å². The number of aromatic nitrogens is 2. The topological polar surface area (TPSA) is 81.3 Å². The van der Waals surface area contributed by atoms with Gasteiger partial charge in [-0.2, -0.15) is 0 Å². The summed E-state index contributed by atoms with van der Waals surface area (Å²) < 4.78 is 6.15. The van der Waals surface area contributed by atoms with Gasteiger partial charge in [0.1, 0.15) is 21.5 Å². The summed E-state index contributed by atoms with van der Waals surface area (Å²) in [6, 6.07) is 13.4. The predicted octanol–water partition coefficient (Wildman–Crippen LogP) is 5.07. The van der Waals surface area contributed by atoms with E-state index in [0.717, 1.165) is 27.7 Å². The molecule has 6 nitrogen and oxygen atoms in total. The number of hydrogen-bond donors (Lipinski definition) is 1. The minimum absolute atomic E-state index is 0.187. The van der Waals surface area contributed by atoms with Gasteiger partial charge in [-0.3, -0.25) is 4.79 Å². The summed E-state index contributed by atoms with van der Waals surface area (Å²) in [7, 11) is 0. The van der Waals surface area contributed by atoms with Gasteiger partial charge in [-0.25, -0.2) is 0 Å². The van der Waals surface area contributed by atoms with E-state index in [1.165, 1.54) is 0 Å². The summed E-state index contributed by atoms with van der Waals surface area (Å²) in [6.45, 7) is 7.63. The molecule has 0 aliphatic carbocycles. The SMILES string of the molecule is CC1CC(=O)N(Cc2ccc(N)cc2Oc2ccc(-c3nnc(C(C)C)s3)cc2)C1. The quantitative estimate of drug-likeness (QED) is 0.561. The number of amides is 1. The summed E-state index contributed by atoms with van der Waals surface area (Å²) in [5, 5.41) is 10.5. The van der Waals surface area contributed by atoms with Gasteiger partial charge in [-0.05, 0) is 36.2 Å². The molecule has 3 aromatic rings. The predicted molar refractivity (Wildman–Crippen MR) is 120 cm³/mol. The highest BCUT2D eigenvalue weighted by atomic mass is 32.1. The van der Waals surface area contributed by atoms with Crippen LogP contribution >= 0.6 is 11.3 Å². The highest BCUT2D eigenvalue weighted by Crippen LogP contribution is 2.33. The Kier molecular flexibility index (Phi) is 5.72. The Morgan fingerprint density at radius 2 is 1.97 bits per heavy atom. The van der Waals surface area contributed by atoms with Crippen LogP contribution in [0, 0.1) is 5.92 Å². The Bertz CT molecular complexity index is 1050. The van der Waals surface area contributed by atoms with Gasteiger partial charge in [0.05, 0.1) is 0 Å². The Morgan fingerprint density at radius 1 is 1.20 bits per heavy atom. The second kappa shape index (κ2) is 8.44. The standard InChI is InChI=1S/C23H26N4O2S/c1-14(2)22-25-26-23(30-22)16-5-8-19(9-6-16)29-20-11-18(24)7-4-17(20)13-27-12-15(3)10-21(27)28/h4-9,11,14-15H,10,12-13,24H2,1-3H3. The van der Waals surface area contributed by atoms with Crippen LogP contribution in [0.25, 0.3) is 10.6 Å². The molecule has 4 rings (SSSR count). The number of likely N-dealkylation sites (tertiary alicyclic amines) is 1. The molecule has 156 valence electrons. The molecule has 1 aliphatic heterocycles. The van der Waals surface area contributed by atoms with Gasteiger partial charge >= 0.3 is 0 Å². The van der Waals surface area contributed by atoms with Crippen LogP contribution in [0.3, 0.4) is 0 Å². The second-order valence-corrected chi connectivity index (χ2v) is 9.19. The first-order valence-electron chi connectivity index (χ1n) is 10.2. The normalized spacial score (nSPS) is 16.5. The van der Waals surface area contributed by atoms with Crippen molar-refractivity contribution in [3.63, 3.8) is 0 Å². The zero-order valence-corrected chi connectivity index (χ0v) is 18.3. The Morgan fingerprint density at radius 3 is 2.60 bits per heavy atom. The van der Waals surface area contributed by atoms with Crippen molar-refractivity contribution in [2.24, 2.45) is 5.92 Å². The van der Waals surface area contributed by atoms with Gasteiger partial charge in [0.15, 0.2) is 0 Å². The molecule has 30 heavy (non-hydrogen) atoms. The third kappa shape index (κ3) is 4.46. The number of ether oxygens (including phenoxy) is 1. The highest BCUT2D eigenvalue weighted by Gasteiger charge is 2.27. The van der Waals surface area contributed by atoms with E-state index in [0.29, 0.717) is 42.0 Å². The molecule has 1 unspecified atom stereocenters. The van der Waals surface area contributed by atoms with Crippen molar-refractivity contribution in [2.75, 3.05) is 12.3 Å². The molecule has 1 fully saturated rings. The van der Waals surface area contributed by atoms with Crippen LogP contribution in [0.5, 0.6) is 11.5 Å². The smallest absolute Gasteiger partial charge is 0.223 e. The van der Waals surface area contributed by atoms with Crippen molar-refractivity contribution in [3.05, 3.63) is 53.0 Å². The molecule has 1 atom stereocenters. The zero-order valence-electron chi connectivity index (χ0n) is 17.5. The van der Waals surface area contributed by atoms with E-state index in [1.54, 1.807) is 11.3 Å². The van der Waals surface area contributed by atoms with Crippen LogP contribution in [-0.2, 0) is 11.3 Å². The van der Waals surface area contributed by atoms with Crippen molar-refractivity contribution >= 4 is 22.9 Å². The van der Waals surface area contributed by atoms with Crippen molar-refractivity contribution in [2.45, 2.75) is 39.7 Å². The van der Waals surface area contributed by atoms with Gasteiger partial charge in [0.25, 0.3) is 0 Å². The number of carbonyl (C=O) groups excluding carboxylic acids is 1. The molecule has 7 heteroatoms. The molecule has 0 saturated carbocycles. The lowest BCUT2D eigenvalue weighted by molar-refractivity contribution is -0.128. The molecular weight excluding hydrogens is 396 g/mol. The van der Waals surface area contributed by atoms with Gasteiger partial charge in [-0.15, -0.1) is 10.2 Å². The number of carbonyl (C=O) groups is 1. The molecule has 0 radical (unpaired) electrons. The number of nitrogens with zero attached hydrogens (tertiary/aromatic N) is 3. The van der Waals surface area contributed by atoms with E-state index < -0.39 is 0 Å². The Hall–Kier alpha value is -2.93. The van der Waals surface area contributed by atoms with E-state index in [1.807, 2.05) is 47.4 Å². The van der Waals surface area contributed by atoms with Crippen molar-refractivity contribution in [3.8, 4) is 22.1 Å². The fraction of sp³-hybridized carbons (Fsp3) is 0.348. The van der Waals surface area contributed by atoms with Gasteiger partial charge in [0.2, 0.25) is 5.91 Å². The summed E-state index contributed by atoms with van der Waals surface area (Å²) in [4.78, 5) is 14.1. The largest absolute Gasteiger partial charge is 0.457 e. The Labute approximate surface area is 180 Å². The number of nitrogen functional groups attached to an aromatic ring is 1. The molecule has 2 N–H and O–H groups in total. The van der Waals surface area contributed by atoms with Gasteiger partial charge < -0.3 is 15.4 Å². The molecule has 1 aromatic heterocycles. The van der Waals surface area contributed by atoms with Crippen LogP contribution in [0.15, 0.2) is 42.5 Å². The van der Waals surface area contributed by atoms with Crippen LogP contribution in [0.2, 0.25) is 0 Å². The maximum atomic E-state index is 12.2. The molecule has 1 aliphatic rings. The van der Waals surface area contributed by atoms with E-state index in [-0.39, 0.29) is 5.91 Å². The van der Waals surface area contributed by atoms with Crippen molar-refractivity contribution in [1.29, 1.82) is 0 Å². The van der Waals surface area contributed by atoms with Gasteiger partial charge in [-0.1, -0.05) is 38.2 Å². The summed E-state index contributed by atoms with van der Waals surface area (Å²) in [5.41, 5.74) is 8.57. The fourth-order valence-corrected chi connectivity index (χ4v) is 4.35. The highest BCUT2D eigenvalue weighted by molar-refractivity contribution is 7.14. The van der Waals surface area contributed by atoms with Crippen LogP contribution in [0.1, 0.15) is 43.7 Å². The second-order valence-electron chi connectivity index (χ2n) is 8.18. The van der Waals surface area contributed by atoms with Crippen LogP contribution in [0.4, 0.5) is 5.69 Å². The molecule has 2 heterocycles. The average Bonchev–Trinajstić information content (AvgIpc) is 3.31. The van der Waals surface area contributed by atoms with E-state index in [9.17, 15) is 4.79 Å². The minimum atomic E-state index is 0.187. The van der Waals surface area contributed by atoms with Gasteiger partial charge in [0, 0.05) is 48.3 Å². The third-order valence-corrected chi connectivity index (χ3v) is 6.40. The van der Waals surface area contributed by atoms with E-state index in [4.69, 9.17) is 10.5 Å². The Balaban J connectivity index is 1.52. The molecular formula is C23H26N4O2S. The maximum absolute atomic E-state index is 12.2. The molecule has 0 spiro atoms. The number of benzene rings is 2. The maximum Gasteiger partial charge on any atom is 0.223 e. The zero-order chi connectivity index (χ0) is 21.3. The molecule has 1 saturated heterocycles. The third-order valence-electron chi connectivity index (χ3n) is 5.12. The van der Waals surface area contributed by atoms with E-state index in [2.05, 4.69) is 31.0 Å². The number of nitrogens with two attached hydrogens (primary N) is 1. The van der Waals surface area contributed by atoms with Crippen LogP contribution in [-0.4, -0.2) is 27.5 Å². The summed E-state index contributed by atoms with van der Waals surface area (Å²) in [5.74, 6) is 2.33. The molecule has 0 bridgehead atoms. The summed E-state index contributed by atoms with van der Waals surface area (Å²) >= 11 is 1.61. The monoisotopic (exact) mass is 422 g/mol. The number of rotatable bonds is 6.